The quantitative estimate of drug-likeness (QED) is 0.541. The van der Waals surface area contributed by atoms with Gasteiger partial charge in [-0.1, -0.05) is 5.16 Å². The van der Waals surface area contributed by atoms with E-state index < -0.39 is 70.1 Å². The second-order valence-electron chi connectivity index (χ2n) is 7.92. The number of amides is 1. The fourth-order valence-electron chi connectivity index (χ4n) is 3.13. The minimum absolute atomic E-state index is 0.111. The molecule has 1 fully saturated rings. The van der Waals surface area contributed by atoms with E-state index >= 15 is 0 Å². The van der Waals surface area contributed by atoms with E-state index in [1.807, 2.05) is 0 Å². The van der Waals surface area contributed by atoms with Gasteiger partial charge in [0.25, 0.3) is 5.91 Å². The van der Waals surface area contributed by atoms with Crippen molar-refractivity contribution in [2.45, 2.75) is 31.2 Å². The van der Waals surface area contributed by atoms with E-state index in [1.54, 1.807) is 0 Å². The Morgan fingerprint density at radius 3 is 2.48 bits per heavy atom. The van der Waals surface area contributed by atoms with E-state index in [2.05, 4.69) is 20.4 Å². The largest absolute Gasteiger partial charge is 0.484 e. The maximum absolute atomic E-state index is 14.8. The smallest absolute Gasteiger partial charge is 0.422 e. The first kappa shape index (κ1) is 24.8. The number of ether oxygens (including phenoxy) is 2. The molecule has 0 saturated carbocycles. The average Bonchev–Trinajstić information content (AvgIpc) is 3.09. The number of sulfone groups is 1. The number of halogens is 4. The fourth-order valence-corrected chi connectivity index (χ4v) is 4.38. The predicted molar refractivity (Wildman–Crippen MR) is 103 cm³/mol. The molecule has 2 aromatic rings. The van der Waals surface area contributed by atoms with Crippen molar-refractivity contribution in [2.24, 2.45) is 0 Å². The van der Waals surface area contributed by atoms with Crippen LogP contribution in [-0.4, -0.2) is 67.5 Å². The molecule has 182 valence electrons. The summed E-state index contributed by atoms with van der Waals surface area (Å²) in [4.78, 5) is 20.7. The van der Waals surface area contributed by atoms with E-state index in [0.29, 0.717) is 0 Å². The van der Waals surface area contributed by atoms with Crippen molar-refractivity contribution in [3.05, 3.63) is 35.2 Å². The first-order valence-corrected chi connectivity index (χ1v) is 11.4. The zero-order valence-electron chi connectivity index (χ0n) is 17.7. The molecule has 1 atom stereocenters. The van der Waals surface area contributed by atoms with Crippen LogP contribution < -0.4 is 10.1 Å². The molecule has 0 aromatic carbocycles. The highest BCUT2D eigenvalue weighted by molar-refractivity contribution is 7.90. The van der Waals surface area contributed by atoms with Crippen LogP contribution in [0.25, 0.3) is 0 Å². The molecule has 3 rings (SSSR count). The Labute approximate surface area is 185 Å². The molecular weight excluding hydrogens is 476 g/mol. The lowest BCUT2D eigenvalue weighted by Gasteiger charge is -2.35. The molecule has 2 aromatic heterocycles. The average molecular weight is 496 g/mol. The van der Waals surface area contributed by atoms with Gasteiger partial charge in [-0.25, -0.2) is 12.8 Å². The Hall–Kier alpha value is -2.81. The number of rotatable bonds is 8. The minimum Gasteiger partial charge on any atom is -0.484 e. The summed E-state index contributed by atoms with van der Waals surface area (Å²) < 4.78 is 91.1. The van der Waals surface area contributed by atoms with Crippen LogP contribution in [0.4, 0.5) is 17.6 Å². The normalized spacial score (nSPS) is 17.7. The molecule has 0 aliphatic carbocycles. The van der Waals surface area contributed by atoms with Crippen molar-refractivity contribution in [3.8, 4) is 5.75 Å². The summed E-state index contributed by atoms with van der Waals surface area (Å²) in [6.07, 6.45) is -2.90. The topological polar surface area (TPSA) is 134 Å². The van der Waals surface area contributed by atoms with Crippen molar-refractivity contribution >= 4 is 15.7 Å². The third-order valence-electron chi connectivity index (χ3n) is 4.60. The van der Waals surface area contributed by atoms with E-state index in [0.717, 1.165) is 18.5 Å². The molecule has 15 heteroatoms. The third-order valence-corrected chi connectivity index (χ3v) is 5.70. The molecule has 1 amide bonds. The summed E-state index contributed by atoms with van der Waals surface area (Å²) in [5.74, 6) is -2.17. The Morgan fingerprint density at radius 1 is 1.33 bits per heavy atom. The van der Waals surface area contributed by atoms with Crippen LogP contribution in [0.2, 0.25) is 0 Å². The monoisotopic (exact) mass is 496 g/mol. The molecule has 3 heterocycles. The predicted octanol–water partition coefficient (Wildman–Crippen LogP) is 1.60. The van der Waals surface area contributed by atoms with Crippen LogP contribution >= 0.6 is 0 Å². The zero-order valence-corrected chi connectivity index (χ0v) is 18.5. The molecular formula is C18H20F4N4O6S. The highest BCUT2D eigenvalue weighted by atomic mass is 32.2. The van der Waals surface area contributed by atoms with Gasteiger partial charge in [0.05, 0.1) is 24.5 Å². The number of pyridine rings is 1. The maximum atomic E-state index is 14.8. The number of carbonyl (C=O) groups is 1. The van der Waals surface area contributed by atoms with Crippen LogP contribution in [0.1, 0.15) is 34.7 Å². The van der Waals surface area contributed by atoms with E-state index in [9.17, 15) is 30.8 Å². The van der Waals surface area contributed by atoms with Crippen LogP contribution in [0.5, 0.6) is 5.75 Å². The zero-order chi connectivity index (χ0) is 24.7. The summed E-state index contributed by atoms with van der Waals surface area (Å²) in [5.41, 5.74) is -4.53. The molecule has 0 radical (unpaired) electrons. The van der Waals surface area contributed by atoms with Crippen molar-refractivity contribution in [3.63, 3.8) is 0 Å². The van der Waals surface area contributed by atoms with E-state index in [1.165, 1.54) is 13.8 Å². The lowest BCUT2D eigenvalue weighted by Crippen LogP contribution is -2.49. The third kappa shape index (κ3) is 5.96. The highest BCUT2D eigenvalue weighted by Gasteiger charge is 2.44. The number of aromatic nitrogens is 3. The summed E-state index contributed by atoms with van der Waals surface area (Å²) in [6.45, 7) is 0.239. The van der Waals surface area contributed by atoms with Gasteiger partial charge >= 0.3 is 6.18 Å². The summed E-state index contributed by atoms with van der Waals surface area (Å²) in [6, 6.07) is 0.846. The standard InChI is InChI=1S/C18H20F4N4O6S/c1-10-24-15(26-32-10)16(2,9-33(3,28)29)25-14(27)12-4-13(31-8-18(20,21)22)11(5-23-12)17(19)6-30-7-17/h4-5H,6-9H2,1-3H3,(H,25,27)/t16-/m1/s1. The molecule has 0 unspecified atom stereocenters. The minimum atomic E-state index is -4.72. The number of nitrogens with zero attached hydrogens (tertiary/aromatic N) is 3. The van der Waals surface area contributed by atoms with Crippen molar-refractivity contribution in [1.29, 1.82) is 0 Å². The number of hydrogen-bond acceptors (Lipinski definition) is 9. The molecule has 1 aliphatic rings. The van der Waals surface area contributed by atoms with Gasteiger partial charge in [0.2, 0.25) is 5.89 Å². The molecule has 1 saturated heterocycles. The molecule has 0 spiro atoms. The van der Waals surface area contributed by atoms with Crippen molar-refractivity contribution in [2.75, 3.05) is 31.8 Å². The molecule has 1 aliphatic heterocycles. The van der Waals surface area contributed by atoms with Crippen LogP contribution in [-0.2, 0) is 25.8 Å². The first-order chi connectivity index (χ1) is 15.1. The number of carbonyl (C=O) groups excluding carboxylic acids is 1. The SMILES string of the molecule is Cc1nc([C@@](C)(CS(C)(=O)=O)NC(=O)c2cc(OCC(F)(F)F)c(C3(F)COC3)cn2)no1. The van der Waals surface area contributed by atoms with Gasteiger partial charge in [0, 0.05) is 25.4 Å². The van der Waals surface area contributed by atoms with E-state index in [4.69, 9.17) is 14.0 Å². The van der Waals surface area contributed by atoms with Gasteiger partial charge in [-0.05, 0) is 6.92 Å². The number of hydrogen-bond donors (Lipinski definition) is 1. The second kappa shape index (κ2) is 8.52. The summed E-state index contributed by atoms with van der Waals surface area (Å²) >= 11 is 0. The van der Waals surface area contributed by atoms with Crippen LogP contribution in [0, 0.1) is 6.92 Å². The van der Waals surface area contributed by atoms with Crippen molar-refractivity contribution in [1.82, 2.24) is 20.4 Å². The molecule has 33 heavy (non-hydrogen) atoms. The van der Waals surface area contributed by atoms with Gasteiger partial charge < -0.3 is 19.3 Å². The Kier molecular flexibility index (Phi) is 6.41. The lowest BCUT2D eigenvalue weighted by atomic mass is 9.94. The van der Waals surface area contributed by atoms with Gasteiger partial charge in [-0.15, -0.1) is 0 Å². The Balaban J connectivity index is 1.94. The lowest BCUT2D eigenvalue weighted by molar-refractivity contribution is -0.156. The number of nitrogens with one attached hydrogen (secondary N) is 1. The highest BCUT2D eigenvalue weighted by Crippen LogP contribution is 2.39. The fraction of sp³-hybridized carbons (Fsp3) is 0.556. The first-order valence-electron chi connectivity index (χ1n) is 9.38. The van der Waals surface area contributed by atoms with Crippen molar-refractivity contribution < 1.29 is 44.8 Å². The van der Waals surface area contributed by atoms with E-state index in [-0.39, 0.29) is 17.3 Å². The summed E-state index contributed by atoms with van der Waals surface area (Å²) in [7, 11) is -3.67. The Morgan fingerprint density at radius 2 is 2.00 bits per heavy atom. The number of alkyl halides is 4. The van der Waals surface area contributed by atoms with Gasteiger partial charge in [-0.2, -0.15) is 18.2 Å². The maximum Gasteiger partial charge on any atom is 0.422 e. The molecule has 0 bridgehead atoms. The van der Waals surface area contributed by atoms with Gasteiger partial charge in [0.15, 0.2) is 18.1 Å². The molecule has 1 N–H and O–H groups in total. The van der Waals surface area contributed by atoms with Gasteiger partial charge in [-0.3, -0.25) is 9.78 Å². The van der Waals surface area contributed by atoms with Gasteiger partial charge in [0.1, 0.15) is 26.8 Å². The second-order valence-corrected chi connectivity index (χ2v) is 10.1. The number of aryl methyl sites for hydroxylation is 1. The summed E-state index contributed by atoms with van der Waals surface area (Å²) in [5, 5.41) is 6.08. The van der Waals surface area contributed by atoms with Crippen LogP contribution in [0.15, 0.2) is 16.8 Å². The molecule has 10 nitrogen and oxygen atoms in total. The van der Waals surface area contributed by atoms with Crippen LogP contribution in [0.3, 0.4) is 0 Å². The Bertz CT molecular complexity index is 1150.